The maximum atomic E-state index is 13.5. The first-order valence-corrected chi connectivity index (χ1v) is 12.7. The molecule has 0 aliphatic heterocycles. The van der Waals surface area contributed by atoms with Crippen molar-refractivity contribution in [3.63, 3.8) is 0 Å². The van der Waals surface area contributed by atoms with Gasteiger partial charge in [0.1, 0.15) is 5.82 Å². The number of aryl methyl sites for hydroxylation is 1. The van der Waals surface area contributed by atoms with E-state index in [2.05, 4.69) is 53.5 Å². The Labute approximate surface area is 198 Å². The molecule has 172 valence electrons. The first-order chi connectivity index (χ1) is 16.4. The van der Waals surface area contributed by atoms with Crippen LogP contribution in [0.3, 0.4) is 0 Å². The summed E-state index contributed by atoms with van der Waals surface area (Å²) in [5, 5.41) is 12.2. The Morgan fingerprint density at radius 3 is 2.32 bits per heavy atom. The van der Waals surface area contributed by atoms with Crippen molar-refractivity contribution < 1.29 is 8.42 Å². The fourth-order valence-corrected chi connectivity index (χ4v) is 5.15. The summed E-state index contributed by atoms with van der Waals surface area (Å²) in [6, 6.07) is 22.6. The summed E-state index contributed by atoms with van der Waals surface area (Å²) in [6.07, 6.45) is 0.953. The van der Waals surface area contributed by atoms with Gasteiger partial charge in [-0.15, -0.1) is 5.10 Å². The Hall–Kier alpha value is -3.78. The van der Waals surface area contributed by atoms with Gasteiger partial charge < -0.3 is 5.32 Å². The molecular formula is C26H25N5O2S. The van der Waals surface area contributed by atoms with Crippen LogP contribution in [-0.2, 0) is 16.3 Å². The van der Waals surface area contributed by atoms with Gasteiger partial charge >= 0.3 is 0 Å². The molecule has 34 heavy (non-hydrogen) atoms. The quantitative estimate of drug-likeness (QED) is 0.350. The van der Waals surface area contributed by atoms with Gasteiger partial charge in [-0.2, -0.15) is 4.52 Å². The van der Waals surface area contributed by atoms with Crippen LogP contribution in [0.1, 0.15) is 37.8 Å². The highest BCUT2D eigenvalue weighted by molar-refractivity contribution is 7.91. The smallest absolute Gasteiger partial charge is 0.229 e. The number of nitrogens with zero attached hydrogens (tertiary/aromatic N) is 4. The van der Waals surface area contributed by atoms with Crippen molar-refractivity contribution in [2.75, 3.05) is 5.32 Å². The van der Waals surface area contributed by atoms with Gasteiger partial charge in [-0.05, 0) is 59.9 Å². The van der Waals surface area contributed by atoms with Crippen molar-refractivity contribution >= 4 is 37.9 Å². The monoisotopic (exact) mass is 471 g/mol. The Bertz CT molecular complexity index is 1590. The molecule has 1 N–H and O–H groups in total. The van der Waals surface area contributed by atoms with Gasteiger partial charge in [0.15, 0.2) is 5.65 Å². The van der Waals surface area contributed by atoms with Crippen LogP contribution in [0.15, 0.2) is 82.7 Å². The standard InChI is InChI=1S/C26H25N5O2S/c1-4-18-9-13-20(14-10-18)27-24-22-7-5-6-8-23(22)31-25(28-24)26(29-30-31)34(32,33)21-15-11-19(12-16-21)17(2)3/h5-17H,4H2,1-3H3,(H,27,28). The Balaban J connectivity index is 1.66. The third-order valence-electron chi connectivity index (χ3n) is 5.96. The van der Waals surface area contributed by atoms with E-state index in [0.717, 1.165) is 23.1 Å². The molecule has 0 bridgehead atoms. The number of aromatic nitrogens is 4. The van der Waals surface area contributed by atoms with E-state index < -0.39 is 9.84 Å². The highest BCUT2D eigenvalue weighted by Crippen LogP contribution is 2.30. The molecule has 0 saturated heterocycles. The molecule has 2 heterocycles. The minimum Gasteiger partial charge on any atom is -0.340 e. The summed E-state index contributed by atoms with van der Waals surface area (Å²) in [5.41, 5.74) is 4.05. The largest absolute Gasteiger partial charge is 0.340 e. The fourth-order valence-electron chi connectivity index (χ4n) is 3.92. The summed E-state index contributed by atoms with van der Waals surface area (Å²) in [5.74, 6) is 0.848. The predicted octanol–water partition coefficient (Wildman–Crippen LogP) is 5.54. The van der Waals surface area contributed by atoms with E-state index in [1.54, 1.807) is 12.1 Å². The summed E-state index contributed by atoms with van der Waals surface area (Å²) < 4.78 is 28.5. The topological polar surface area (TPSA) is 89.2 Å². The van der Waals surface area contributed by atoms with Crippen molar-refractivity contribution in [2.45, 2.75) is 43.0 Å². The van der Waals surface area contributed by atoms with Crippen molar-refractivity contribution in [1.82, 2.24) is 19.8 Å². The number of hydrogen-bond acceptors (Lipinski definition) is 6. The molecule has 0 radical (unpaired) electrons. The number of hydrogen-bond donors (Lipinski definition) is 1. The number of rotatable bonds is 6. The minimum atomic E-state index is -3.92. The zero-order valence-corrected chi connectivity index (χ0v) is 20.0. The molecule has 7 nitrogen and oxygen atoms in total. The lowest BCUT2D eigenvalue weighted by Gasteiger charge is -2.11. The molecule has 8 heteroatoms. The molecular weight excluding hydrogens is 446 g/mol. The average Bonchev–Trinajstić information content (AvgIpc) is 3.30. The summed E-state index contributed by atoms with van der Waals surface area (Å²) in [6.45, 7) is 6.24. The molecule has 5 aromatic rings. The fraction of sp³-hybridized carbons (Fsp3) is 0.192. The normalized spacial score (nSPS) is 12.0. The Morgan fingerprint density at radius 2 is 1.65 bits per heavy atom. The average molecular weight is 472 g/mol. The van der Waals surface area contributed by atoms with Crippen LogP contribution in [0.25, 0.3) is 16.6 Å². The lowest BCUT2D eigenvalue weighted by molar-refractivity contribution is 0.592. The third kappa shape index (κ3) is 3.80. The first-order valence-electron chi connectivity index (χ1n) is 11.2. The van der Waals surface area contributed by atoms with Crippen LogP contribution in [-0.4, -0.2) is 28.2 Å². The highest BCUT2D eigenvalue weighted by atomic mass is 32.2. The van der Waals surface area contributed by atoms with Gasteiger partial charge in [0.2, 0.25) is 14.9 Å². The van der Waals surface area contributed by atoms with Crippen LogP contribution >= 0.6 is 0 Å². The number of fused-ring (bicyclic) bond motifs is 3. The minimum absolute atomic E-state index is 0.166. The van der Waals surface area contributed by atoms with Gasteiger partial charge in [-0.1, -0.05) is 62.4 Å². The number of benzene rings is 3. The number of para-hydroxylation sites is 1. The zero-order valence-electron chi connectivity index (χ0n) is 19.2. The summed E-state index contributed by atoms with van der Waals surface area (Å²) in [4.78, 5) is 4.85. The van der Waals surface area contributed by atoms with Gasteiger partial charge in [0, 0.05) is 11.1 Å². The van der Waals surface area contributed by atoms with Gasteiger partial charge in [-0.25, -0.2) is 13.4 Å². The van der Waals surface area contributed by atoms with Crippen LogP contribution in [0.5, 0.6) is 0 Å². The number of nitrogens with one attached hydrogen (secondary N) is 1. The van der Waals surface area contributed by atoms with E-state index in [0.29, 0.717) is 17.3 Å². The van der Waals surface area contributed by atoms with Crippen molar-refractivity contribution in [1.29, 1.82) is 0 Å². The molecule has 0 aliphatic rings. The summed E-state index contributed by atoms with van der Waals surface area (Å²) in [7, 11) is -3.92. The SMILES string of the molecule is CCc1ccc(Nc2nc3c(S(=O)(=O)c4ccc(C(C)C)cc4)nnn3c3ccccc23)cc1. The Morgan fingerprint density at radius 1 is 0.941 bits per heavy atom. The molecule has 0 amide bonds. The second kappa shape index (κ2) is 8.53. The molecule has 3 aromatic carbocycles. The number of anilines is 2. The van der Waals surface area contributed by atoms with E-state index >= 15 is 0 Å². The lowest BCUT2D eigenvalue weighted by atomic mass is 10.0. The van der Waals surface area contributed by atoms with E-state index in [1.165, 1.54) is 10.1 Å². The predicted molar refractivity (Wildman–Crippen MR) is 133 cm³/mol. The van der Waals surface area contributed by atoms with E-state index in [9.17, 15) is 8.42 Å². The zero-order chi connectivity index (χ0) is 23.9. The van der Waals surface area contributed by atoms with Gasteiger partial charge in [-0.3, -0.25) is 0 Å². The van der Waals surface area contributed by atoms with Crippen molar-refractivity contribution in [3.05, 3.63) is 83.9 Å². The maximum absolute atomic E-state index is 13.5. The van der Waals surface area contributed by atoms with Gasteiger partial charge in [0.25, 0.3) is 0 Å². The van der Waals surface area contributed by atoms with Crippen LogP contribution in [0.4, 0.5) is 11.5 Å². The molecule has 0 aliphatic carbocycles. The van der Waals surface area contributed by atoms with E-state index in [1.807, 2.05) is 48.5 Å². The second-order valence-electron chi connectivity index (χ2n) is 8.51. The third-order valence-corrected chi connectivity index (χ3v) is 7.62. The van der Waals surface area contributed by atoms with E-state index in [-0.39, 0.29) is 15.6 Å². The molecule has 0 fully saturated rings. The lowest BCUT2D eigenvalue weighted by Crippen LogP contribution is -2.06. The second-order valence-corrected chi connectivity index (χ2v) is 10.4. The van der Waals surface area contributed by atoms with Crippen molar-refractivity contribution in [3.8, 4) is 0 Å². The van der Waals surface area contributed by atoms with Crippen molar-refractivity contribution in [2.24, 2.45) is 0 Å². The van der Waals surface area contributed by atoms with E-state index in [4.69, 9.17) is 0 Å². The molecule has 0 saturated carbocycles. The number of sulfone groups is 1. The highest BCUT2D eigenvalue weighted by Gasteiger charge is 2.27. The summed E-state index contributed by atoms with van der Waals surface area (Å²) >= 11 is 0. The van der Waals surface area contributed by atoms with Crippen LogP contribution < -0.4 is 5.32 Å². The van der Waals surface area contributed by atoms with Gasteiger partial charge in [0.05, 0.1) is 10.4 Å². The maximum Gasteiger partial charge on any atom is 0.229 e. The first kappa shape index (κ1) is 22.0. The molecule has 2 aromatic heterocycles. The Kier molecular flexibility index (Phi) is 5.53. The van der Waals surface area contributed by atoms with Crippen LogP contribution in [0.2, 0.25) is 0 Å². The van der Waals surface area contributed by atoms with Crippen LogP contribution in [0, 0.1) is 0 Å². The molecule has 0 spiro atoms. The molecule has 0 atom stereocenters. The molecule has 0 unspecified atom stereocenters. The molecule has 5 rings (SSSR count).